The van der Waals surface area contributed by atoms with Crippen LogP contribution in [0, 0.1) is 18.6 Å². The Balaban J connectivity index is 2.54. The van der Waals surface area contributed by atoms with E-state index in [-0.39, 0.29) is 16.2 Å². The molecule has 1 heterocycles. The van der Waals surface area contributed by atoms with Crippen molar-refractivity contribution in [2.75, 3.05) is 7.05 Å². The number of hydrogen-bond acceptors (Lipinski definition) is 3. The molecule has 2 aromatic rings. The van der Waals surface area contributed by atoms with Gasteiger partial charge in [-0.25, -0.2) is 13.5 Å². The lowest BCUT2D eigenvalue weighted by atomic mass is 10.2. The molecular weight excluding hydrogens is 318 g/mol. The molecule has 0 fully saturated rings. The molecule has 0 aliphatic heterocycles. The van der Waals surface area contributed by atoms with Crippen LogP contribution >= 0.6 is 15.9 Å². The molecule has 1 aromatic carbocycles. The molecule has 0 bridgehead atoms. The van der Waals surface area contributed by atoms with Gasteiger partial charge in [0.1, 0.15) is 17.2 Å². The molecule has 102 valence electrons. The van der Waals surface area contributed by atoms with Crippen LogP contribution in [0.3, 0.4) is 0 Å². The molecule has 0 spiro atoms. The second kappa shape index (κ2) is 5.34. The highest BCUT2D eigenvalue weighted by Crippen LogP contribution is 2.24. The lowest BCUT2D eigenvalue weighted by Gasteiger charge is -2.09. The molecule has 0 radical (unpaired) electrons. The Labute approximate surface area is 117 Å². The van der Waals surface area contributed by atoms with E-state index in [1.807, 2.05) is 6.92 Å². The first-order valence-corrected chi connectivity index (χ1v) is 6.49. The quantitative estimate of drug-likeness (QED) is 0.880. The van der Waals surface area contributed by atoms with Crippen LogP contribution in [0.5, 0.6) is 0 Å². The summed E-state index contributed by atoms with van der Waals surface area (Å²) < 4.78 is 28.6. The largest absolute Gasteiger partial charge is 0.312 e. The van der Waals surface area contributed by atoms with Gasteiger partial charge in [0.2, 0.25) is 0 Å². The van der Waals surface area contributed by atoms with Crippen molar-refractivity contribution in [3.8, 4) is 5.69 Å². The summed E-state index contributed by atoms with van der Waals surface area (Å²) in [6, 6.07) is 2.17. The van der Waals surface area contributed by atoms with Gasteiger partial charge in [0.15, 0.2) is 5.82 Å². The van der Waals surface area contributed by atoms with Gasteiger partial charge in [0, 0.05) is 6.07 Å². The van der Waals surface area contributed by atoms with E-state index >= 15 is 0 Å². The van der Waals surface area contributed by atoms with E-state index < -0.39 is 11.6 Å². The molecule has 4 nitrogen and oxygen atoms in total. The van der Waals surface area contributed by atoms with Gasteiger partial charge < -0.3 is 5.32 Å². The predicted molar refractivity (Wildman–Crippen MR) is 71.2 cm³/mol. The monoisotopic (exact) mass is 330 g/mol. The predicted octanol–water partition coefficient (Wildman–Crippen LogP) is 2.90. The fraction of sp³-hybridized carbons (Fsp3) is 0.333. The molecule has 1 aromatic heterocycles. The number of hydrogen-bond donors (Lipinski definition) is 1. The van der Waals surface area contributed by atoms with Gasteiger partial charge in [0.05, 0.1) is 16.2 Å². The van der Waals surface area contributed by atoms with Crippen molar-refractivity contribution in [1.29, 1.82) is 0 Å². The Kier molecular flexibility index (Phi) is 3.96. The topological polar surface area (TPSA) is 42.7 Å². The Bertz CT molecular complexity index is 612. The van der Waals surface area contributed by atoms with Crippen molar-refractivity contribution in [2.45, 2.75) is 19.9 Å². The Hall–Kier alpha value is -1.34. The summed E-state index contributed by atoms with van der Waals surface area (Å²) in [5.41, 5.74) is 1.59. The fourth-order valence-electron chi connectivity index (χ4n) is 1.78. The van der Waals surface area contributed by atoms with Gasteiger partial charge in [-0.2, -0.15) is 0 Å². The van der Waals surface area contributed by atoms with E-state index in [1.165, 1.54) is 10.7 Å². The molecule has 0 aliphatic rings. The minimum atomic E-state index is -0.683. The number of benzene rings is 1. The zero-order valence-corrected chi connectivity index (χ0v) is 12.3. The lowest BCUT2D eigenvalue weighted by Crippen LogP contribution is -2.14. The number of rotatable bonds is 3. The highest BCUT2D eigenvalue weighted by molar-refractivity contribution is 9.10. The standard InChI is InChI=1S/C12H13BrF2N4/c1-6(16-3)12-7(2)19(18-17-12)11-4-8(13)9(14)5-10(11)15/h4-6,16H,1-3H3. The van der Waals surface area contributed by atoms with Crippen molar-refractivity contribution in [1.82, 2.24) is 20.3 Å². The van der Waals surface area contributed by atoms with Crippen LogP contribution in [0.2, 0.25) is 0 Å². The summed E-state index contributed by atoms with van der Waals surface area (Å²) in [5, 5.41) is 11.0. The Morgan fingerprint density at radius 2 is 2.00 bits per heavy atom. The molecule has 1 N–H and O–H groups in total. The van der Waals surface area contributed by atoms with Crippen LogP contribution in [0.25, 0.3) is 5.69 Å². The second-order valence-corrected chi connectivity index (χ2v) is 5.05. The molecule has 1 unspecified atom stereocenters. The number of aromatic nitrogens is 3. The van der Waals surface area contributed by atoms with Crippen molar-refractivity contribution >= 4 is 15.9 Å². The third-order valence-corrected chi connectivity index (χ3v) is 3.60. The normalized spacial score (nSPS) is 12.7. The van der Waals surface area contributed by atoms with Crippen LogP contribution in [0.15, 0.2) is 16.6 Å². The van der Waals surface area contributed by atoms with Gasteiger partial charge in [-0.3, -0.25) is 0 Å². The van der Waals surface area contributed by atoms with E-state index in [1.54, 1.807) is 14.0 Å². The second-order valence-electron chi connectivity index (χ2n) is 4.20. The smallest absolute Gasteiger partial charge is 0.151 e. The van der Waals surface area contributed by atoms with Crippen LogP contribution in [-0.2, 0) is 0 Å². The average molecular weight is 331 g/mol. The molecule has 2 rings (SSSR count). The maximum Gasteiger partial charge on any atom is 0.151 e. The van der Waals surface area contributed by atoms with Crippen LogP contribution in [0.4, 0.5) is 8.78 Å². The highest BCUT2D eigenvalue weighted by atomic mass is 79.9. The first-order valence-electron chi connectivity index (χ1n) is 5.70. The zero-order valence-electron chi connectivity index (χ0n) is 10.7. The van der Waals surface area contributed by atoms with Crippen molar-refractivity contribution in [2.24, 2.45) is 0 Å². The van der Waals surface area contributed by atoms with E-state index in [4.69, 9.17) is 0 Å². The fourth-order valence-corrected chi connectivity index (χ4v) is 2.11. The number of nitrogens with one attached hydrogen (secondary N) is 1. The zero-order chi connectivity index (χ0) is 14.2. The summed E-state index contributed by atoms with van der Waals surface area (Å²) in [4.78, 5) is 0. The first kappa shape index (κ1) is 14.1. The first-order chi connectivity index (χ1) is 8.95. The Morgan fingerprint density at radius 1 is 1.32 bits per heavy atom. The maximum absolute atomic E-state index is 13.8. The van der Waals surface area contributed by atoms with Crippen LogP contribution < -0.4 is 5.32 Å². The summed E-state index contributed by atoms with van der Waals surface area (Å²) >= 11 is 3.04. The maximum atomic E-state index is 13.8. The van der Waals surface area contributed by atoms with Gasteiger partial charge >= 0.3 is 0 Å². The average Bonchev–Trinajstić information content (AvgIpc) is 2.75. The SMILES string of the molecule is CNC(C)c1nnn(-c2cc(Br)c(F)cc2F)c1C. The highest BCUT2D eigenvalue weighted by Gasteiger charge is 2.18. The summed E-state index contributed by atoms with van der Waals surface area (Å²) in [6.07, 6.45) is 0. The number of nitrogens with zero attached hydrogens (tertiary/aromatic N) is 3. The van der Waals surface area contributed by atoms with Gasteiger partial charge in [-0.1, -0.05) is 5.21 Å². The van der Waals surface area contributed by atoms with Crippen molar-refractivity contribution in [3.63, 3.8) is 0 Å². The Morgan fingerprint density at radius 3 is 2.63 bits per heavy atom. The molecule has 0 amide bonds. The molecule has 0 aliphatic carbocycles. The number of halogens is 3. The third kappa shape index (κ3) is 2.52. The molecule has 1 atom stereocenters. The molecule has 0 saturated heterocycles. The summed E-state index contributed by atoms with van der Waals surface area (Å²) in [6.45, 7) is 3.72. The van der Waals surface area contributed by atoms with E-state index in [9.17, 15) is 8.78 Å². The molecule has 0 saturated carbocycles. The molecule has 7 heteroatoms. The molecule has 19 heavy (non-hydrogen) atoms. The minimum absolute atomic E-state index is 0.000648. The van der Waals surface area contributed by atoms with Crippen LogP contribution in [-0.4, -0.2) is 22.0 Å². The van der Waals surface area contributed by atoms with E-state index in [2.05, 4.69) is 31.6 Å². The van der Waals surface area contributed by atoms with E-state index in [0.29, 0.717) is 5.69 Å². The summed E-state index contributed by atoms with van der Waals surface area (Å²) in [7, 11) is 1.80. The minimum Gasteiger partial charge on any atom is -0.312 e. The van der Waals surface area contributed by atoms with E-state index in [0.717, 1.165) is 11.8 Å². The van der Waals surface area contributed by atoms with Crippen LogP contribution in [0.1, 0.15) is 24.4 Å². The van der Waals surface area contributed by atoms with Gasteiger partial charge in [-0.05, 0) is 42.9 Å². The van der Waals surface area contributed by atoms with Gasteiger partial charge in [-0.15, -0.1) is 5.10 Å². The third-order valence-electron chi connectivity index (χ3n) is 2.99. The van der Waals surface area contributed by atoms with Gasteiger partial charge in [0.25, 0.3) is 0 Å². The van der Waals surface area contributed by atoms with Crippen molar-refractivity contribution in [3.05, 3.63) is 39.6 Å². The summed E-state index contributed by atoms with van der Waals surface area (Å²) in [5.74, 6) is -1.33. The lowest BCUT2D eigenvalue weighted by molar-refractivity contribution is 0.566. The van der Waals surface area contributed by atoms with Crippen molar-refractivity contribution < 1.29 is 8.78 Å². The molecular formula is C12H13BrF2N4.